The van der Waals surface area contributed by atoms with Gasteiger partial charge in [-0.1, -0.05) is 0 Å². The molecule has 1 atom stereocenters. The van der Waals surface area contributed by atoms with E-state index in [-0.39, 0.29) is 0 Å². The topological polar surface area (TPSA) is 105 Å². The molecular weight excluding hydrogens is 189 g/mol. The minimum Gasteiger partial charge on any atom is -0.368 e. The minimum absolute atomic E-state index is 0.320. The quantitative estimate of drug-likeness (QED) is 0.466. The van der Waals surface area contributed by atoms with E-state index in [1.807, 2.05) is 0 Å². The number of phosphoric acid groups is 1. The van der Waals surface area contributed by atoms with Gasteiger partial charge in [0.15, 0.2) is 0 Å². The zero-order valence-electron chi connectivity index (χ0n) is 5.97. The first kappa shape index (κ1) is 9.63. The maximum absolute atomic E-state index is 10.8. The van der Waals surface area contributed by atoms with Gasteiger partial charge < -0.3 is 9.26 Å². The Kier molecular flexibility index (Phi) is 2.81. The second-order valence-electron chi connectivity index (χ2n) is 2.11. The van der Waals surface area contributed by atoms with Crippen LogP contribution in [0, 0.1) is 0 Å². The average Bonchev–Trinajstić information content (AvgIpc) is 2.32. The van der Waals surface area contributed by atoms with Crippen LogP contribution in [-0.4, -0.2) is 35.1 Å². The lowest BCUT2D eigenvalue weighted by molar-refractivity contribution is -0.146. The summed E-state index contributed by atoms with van der Waals surface area (Å²) in [5, 5.41) is 2.54. The first-order valence-corrected chi connectivity index (χ1v) is 4.66. The van der Waals surface area contributed by atoms with E-state index in [0.29, 0.717) is 13.2 Å². The van der Waals surface area contributed by atoms with Crippen LogP contribution in [0.3, 0.4) is 0 Å². The number of ether oxygens (including phenoxy) is 1. The molecule has 0 saturated carbocycles. The van der Waals surface area contributed by atoms with Gasteiger partial charge in [-0.25, -0.2) is 9.36 Å². The van der Waals surface area contributed by atoms with Crippen LogP contribution in [0.25, 0.3) is 0 Å². The highest BCUT2D eigenvalue weighted by atomic mass is 31.2. The number of phosphoric ester groups is 1. The standard InChI is InChI=1S/C4H8NO6P/c6-4(11-12(7,8)9)3-5-1-2-10-3/h3,5H,1-2H2,(H2,7,8,9). The van der Waals surface area contributed by atoms with Crippen LogP contribution in [0.15, 0.2) is 0 Å². The predicted molar refractivity (Wildman–Crippen MR) is 35.9 cm³/mol. The van der Waals surface area contributed by atoms with Crippen LogP contribution >= 0.6 is 7.82 Å². The molecule has 0 amide bonds. The summed E-state index contributed by atoms with van der Waals surface area (Å²) in [6, 6.07) is 0. The summed E-state index contributed by atoms with van der Waals surface area (Å²) in [6.45, 7) is 0.780. The SMILES string of the molecule is O=C(OP(=O)(O)O)C1NCCO1. The molecular formula is C4H8NO6P. The number of carbonyl (C=O) groups excluding carboxylic acids is 1. The third-order valence-electron chi connectivity index (χ3n) is 1.14. The van der Waals surface area contributed by atoms with Gasteiger partial charge in [-0.3, -0.25) is 15.1 Å². The minimum atomic E-state index is -4.74. The van der Waals surface area contributed by atoms with Crippen LogP contribution in [0.2, 0.25) is 0 Å². The van der Waals surface area contributed by atoms with Crippen molar-refractivity contribution >= 4 is 13.8 Å². The molecule has 1 aliphatic rings. The second kappa shape index (κ2) is 3.51. The highest BCUT2D eigenvalue weighted by Crippen LogP contribution is 2.36. The fraction of sp³-hybridized carbons (Fsp3) is 0.750. The third kappa shape index (κ3) is 2.88. The van der Waals surface area contributed by atoms with Crippen LogP contribution in [0.1, 0.15) is 0 Å². The molecule has 0 bridgehead atoms. The van der Waals surface area contributed by atoms with Crippen LogP contribution in [-0.2, 0) is 18.6 Å². The molecule has 7 nitrogen and oxygen atoms in total. The summed E-state index contributed by atoms with van der Waals surface area (Å²) >= 11 is 0. The zero-order valence-corrected chi connectivity index (χ0v) is 6.86. The Morgan fingerprint density at radius 2 is 2.33 bits per heavy atom. The van der Waals surface area contributed by atoms with E-state index in [1.165, 1.54) is 0 Å². The van der Waals surface area contributed by atoms with E-state index in [0.717, 1.165) is 0 Å². The normalized spacial score (nSPS) is 24.0. The summed E-state index contributed by atoms with van der Waals surface area (Å²) in [5.41, 5.74) is 0. The van der Waals surface area contributed by atoms with Gasteiger partial charge in [0.05, 0.1) is 6.61 Å². The highest BCUT2D eigenvalue weighted by Gasteiger charge is 2.30. The number of nitrogens with one attached hydrogen (secondary N) is 1. The molecule has 0 spiro atoms. The fourth-order valence-electron chi connectivity index (χ4n) is 0.742. The van der Waals surface area contributed by atoms with Gasteiger partial charge in [0, 0.05) is 6.54 Å². The summed E-state index contributed by atoms with van der Waals surface area (Å²) in [4.78, 5) is 27.2. The smallest absolute Gasteiger partial charge is 0.368 e. The van der Waals surface area contributed by atoms with Crippen molar-refractivity contribution < 1.29 is 28.4 Å². The fourth-order valence-corrected chi connectivity index (χ4v) is 1.07. The number of carbonyl (C=O) groups is 1. The van der Waals surface area contributed by atoms with E-state index < -0.39 is 20.0 Å². The molecule has 1 fully saturated rings. The van der Waals surface area contributed by atoms with E-state index in [4.69, 9.17) is 14.5 Å². The number of rotatable bonds is 2. The van der Waals surface area contributed by atoms with Crippen LogP contribution < -0.4 is 5.32 Å². The number of hydrogen-bond acceptors (Lipinski definition) is 5. The van der Waals surface area contributed by atoms with Crippen LogP contribution in [0.5, 0.6) is 0 Å². The third-order valence-corrected chi connectivity index (χ3v) is 1.56. The van der Waals surface area contributed by atoms with Gasteiger partial charge in [-0.05, 0) is 0 Å². The van der Waals surface area contributed by atoms with Gasteiger partial charge in [0.2, 0.25) is 6.23 Å². The molecule has 1 aliphatic heterocycles. The van der Waals surface area contributed by atoms with Crippen molar-refractivity contribution in [1.29, 1.82) is 0 Å². The lowest BCUT2D eigenvalue weighted by atomic mass is 10.6. The van der Waals surface area contributed by atoms with Gasteiger partial charge in [0.25, 0.3) is 0 Å². The van der Waals surface area contributed by atoms with Crippen molar-refractivity contribution in [2.75, 3.05) is 13.2 Å². The molecule has 1 saturated heterocycles. The Hall–Kier alpha value is -0.460. The van der Waals surface area contributed by atoms with Crippen molar-refractivity contribution in [1.82, 2.24) is 5.32 Å². The van der Waals surface area contributed by atoms with E-state index in [9.17, 15) is 9.36 Å². The first-order valence-electron chi connectivity index (χ1n) is 3.13. The van der Waals surface area contributed by atoms with Gasteiger partial charge >= 0.3 is 13.8 Å². The molecule has 8 heteroatoms. The molecule has 0 aromatic carbocycles. The van der Waals surface area contributed by atoms with Crippen LogP contribution in [0.4, 0.5) is 0 Å². The second-order valence-corrected chi connectivity index (χ2v) is 3.27. The Morgan fingerprint density at radius 1 is 1.67 bits per heavy atom. The molecule has 0 radical (unpaired) electrons. The zero-order chi connectivity index (χ0) is 9.19. The lowest BCUT2D eigenvalue weighted by Gasteiger charge is -2.09. The summed E-state index contributed by atoms with van der Waals surface area (Å²) in [5.74, 6) is -1.10. The maximum atomic E-state index is 10.8. The molecule has 1 rings (SSSR count). The summed E-state index contributed by atoms with van der Waals surface area (Å²) in [7, 11) is -4.74. The summed E-state index contributed by atoms with van der Waals surface area (Å²) < 4.78 is 18.7. The van der Waals surface area contributed by atoms with Gasteiger partial charge in [-0.2, -0.15) is 0 Å². The summed E-state index contributed by atoms with van der Waals surface area (Å²) in [6.07, 6.45) is -1.06. The average molecular weight is 197 g/mol. The molecule has 0 aromatic rings. The van der Waals surface area contributed by atoms with Crippen molar-refractivity contribution in [3.05, 3.63) is 0 Å². The largest absolute Gasteiger partial charge is 0.527 e. The van der Waals surface area contributed by atoms with Gasteiger partial charge in [0.1, 0.15) is 0 Å². The molecule has 3 N–H and O–H groups in total. The molecule has 1 heterocycles. The molecule has 0 aliphatic carbocycles. The first-order chi connectivity index (χ1) is 5.49. The van der Waals surface area contributed by atoms with E-state index >= 15 is 0 Å². The van der Waals surface area contributed by atoms with E-state index in [2.05, 4.69) is 9.84 Å². The van der Waals surface area contributed by atoms with Crippen molar-refractivity contribution in [2.24, 2.45) is 0 Å². The molecule has 12 heavy (non-hydrogen) atoms. The molecule has 70 valence electrons. The van der Waals surface area contributed by atoms with Crippen molar-refractivity contribution in [3.8, 4) is 0 Å². The Balaban J connectivity index is 2.43. The number of hydrogen-bond donors (Lipinski definition) is 3. The lowest BCUT2D eigenvalue weighted by Crippen LogP contribution is -2.32. The highest BCUT2D eigenvalue weighted by molar-refractivity contribution is 7.46. The van der Waals surface area contributed by atoms with Crippen molar-refractivity contribution in [3.63, 3.8) is 0 Å². The van der Waals surface area contributed by atoms with Gasteiger partial charge in [-0.15, -0.1) is 0 Å². The monoisotopic (exact) mass is 197 g/mol. The molecule has 1 unspecified atom stereocenters. The Labute approximate surface area is 67.9 Å². The Morgan fingerprint density at radius 3 is 2.75 bits per heavy atom. The Bertz CT molecular complexity index is 218. The van der Waals surface area contributed by atoms with Crippen molar-refractivity contribution in [2.45, 2.75) is 6.23 Å². The molecule has 0 aromatic heterocycles. The van der Waals surface area contributed by atoms with E-state index in [1.54, 1.807) is 0 Å². The predicted octanol–water partition coefficient (Wildman–Crippen LogP) is -1.43. The maximum Gasteiger partial charge on any atom is 0.527 e.